The molecule has 1 aromatic carbocycles. The van der Waals surface area contributed by atoms with Gasteiger partial charge in [0.2, 0.25) is 5.91 Å². The highest BCUT2D eigenvalue weighted by atomic mass is 32.2. The molecule has 10 heteroatoms. The first-order chi connectivity index (χ1) is 14.9. The zero-order valence-electron chi connectivity index (χ0n) is 17.0. The standard InChI is InChI=1S/C21H20N4O4S2/c1-12-5-6-14(8-13(12)2)16(26)9-17-19(27)25(10-15-4-3-7-29-15)20(31-17)24-23-18-11-30-21(28)22-18/h3-8,17H,9-11H2,1-2H3,(H,22,23,28)/b24-20+. The Kier molecular flexibility index (Phi) is 6.28. The van der Waals surface area contributed by atoms with E-state index in [1.54, 1.807) is 18.2 Å². The summed E-state index contributed by atoms with van der Waals surface area (Å²) in [6.45, 7) is 4.14. The number of amides is 2. The molecule has 2 saturated heterocycles. The fourth-order valence-electron chi connectivity index (χ4n) is 3.10. The molecular weight excluding hydrogens is 436 g/mol. The molecular formula is C21H20N4O4S2. The van der Waals surface area contributed by atoms with Crippen molar-refractivity contribution in [1.82, 2.24) is 10.2 Å². The molecule has 0 aliphatic carbocycles. The second-order valence-corrected chi connectivity index (χ2v) is 9.29. The Labute approximate surface area is 187 Å². The molecule has 4 rings (SSSR count). The van der Waals surface area contributed by atoms with Gasteiger partial charge in [-0.2, -0.15) is 0 Å². The highest BCUT2D eigenvalue weighted by Gasteiger charge is 2.40. The lowest BCUT2D eigenvalue weighted by molar-refractivity contribution is -0.126. The lowest BCUT2D eigenvalue weighted by Gasteiger charge is -2.14. The third kappa shape index (κ3) is 4.91. The van der Waals surface area contributed by atoms with Gasteiger partial charge in [0, 0.05) is 12.0 Å². The molecule has 2 aliphatic rings. The van der Waals surface area contributed by atoms with E-state index in [4.69, 9.17) is 4.42 Å². The largest absolute Gasteiger partial charge is 0.467 e. The lowest BCUT2D eigenvalue weighted by atomic mass is 10.0. The Morgan fingerprint density at radius 1 is 1.23 bits per heavy atom. The molecule has 0 bridgehead atoms. The Morgan fingerprint density at radius 3 is 2.74 bits per heavy atom. The molecule has 1 atom stereocenters. The van der Waals surface area contributed by atoms with Crippen molar-refractivity contribution in [3.63, 3.8) is 0 Å². The van der Waals surface area contributed by atoms with Gasteiger partial charge in [0.05, 0.1) is 23.8 Å². The van der Waals surface area contributed by atoms with E-state index < -0.39 is 5.25 Å². The number of hydrogen-bond acceptors (Lipinski definition) is 8. The zero-order valence-corrected chi connectivity index (χ0v) is 18.6. The lowest BCUT2D eigenvalue weighted by Crippen LogP contribution is -2.32. The summed E-state index contributed by atoms with van der Waals surface area (Å²) in [5.41, 5.74) is 2.73. The van der Waals surface area contributed by atoms with Crippen molar-refractivity contribution in [2.45, 2.75) is 32.1 Å². The molecule has 2 aromatic rings. The van der Waals surface area contributed by atoms with Gasteiger partial charge in [-0.05, 0) is 43.2 Å². The molecule has 2 fully saturated rings. The molecule has 0 saturated carbocycles. The van der Waals surface area contributed by atoms with Crippen LogP contribution in [0.2, 0.25) is 0 Å². The maximum absolute atomic E-state index is 13.1. The number of benzene rings is 1. The Hall–Kier alpha value is -2.85. The van der Waals surface area contributed by atoms with E-state index in [9.17, 15) is 14.4 Å². The number of furan rings is 1. The van der Waals surface area contributed by atoms with Crippen LogP contribution in [0.5, 0.6) is 0 Å². The topological polar surface area (TPSA) is 104 Å². The van der Waals surface area contributed by atoms with Crippen molar-refractivity contribution in [1.29, 1.82) is 0 Å². The third-order valence-electron chi connectivity index (χ3n) is 4.96. The third-order valence-corrected chi connectivity index (χ3v) is 6.90. The first-order valence-electron chi connectivity index (χ1n) is 9.60. The molecule has 160 valence electrons. The van der Waals surface area contributed by atoms with Gasteiger partial charge in [-0.15, -0.1) is 10.2 Å². The van der Waals surface area contributed by atoms with Gasteiger partial charge in [-0.3, -0.25) is 19.3 Å². The molecule has 1 N–H and O–H groups in total. The van der Waals surface area contributed by atoms with E-state index in [2.05, 4.69) is 15.5 Å². The summed E-state index contributed by atoms with van der Waals surface area (Å²) < 4.78 is 5.37. The number of thioether (sulfide) groups is 2. The van der Waals surface area contributed by atoms with Crippen LogP contribution < -0.4 is 5.32 Å². The summed E-state index contributed by atoms with van der Waals surface area (Å²) in [5.74, 6) is 1.12. The number of aryl methyl sites for hydroxylation is 2. The van der Waals surface area contributed by atoms with Gasteiger partial charge in [0.15, 0.2) is 11.0 Å². The van der Waals surface area contributed by atoms with Gasteiger partial charge in [0.1, 0.15) is 11.6 Å². The fraction of sp³-hybridized carbons (Fsp3) is 0.286. The van der Waals surface area contributed by atoms with Gasteiger partial charge in [-0.1, -0.05) is 35.7 Å². The fourth-order valence-corrected chi connectivity index (χ4v) is 4.78. The van der Waals surface area contributed by atoms with Crippen LogP contribution in [0, 0.1) is 13.8 Å². The van der Waals surface area contributed by atoms with Crippen LogP contribution in [0.4, 0.5) is 4.79 Å². The average molecular weight is 457 g/mol. The number of carbonyl (C=O) groups is 3. The minimum Gasteiger partial charge on any atom is -0.467 e. The predicted molar refractivity (Wildman–Crippen MR) is 121 cm³/mol. The number of hydrogen-bond donors (Lipinski definition) is 1. The second kappa shape index (κ2) is 9.11. The molecule has 0 spiro atoms. The first-order valence-corrected chi connectivity index (χ1v) is 11.5. The molecule has 2 amide bonds. The first kappa shape index (κ1) is 21.4. The number of rotatable bonds is 6. The van der Waals surface area contributed by atoms with Crippen molar-refractivity contribution in [2.24, 2.45) is 10.2 Å². The molecule has 1 aromatic heterocycles. The molecule has 31 heavy (non-hydrogen) atoms. The van der Waals surface area contributed by atoms with Gasteiger partial charge >= 0.3 is 0 Å². The summed E-state index contributed by atoms with van der Waals surface area (Å²) in [7, 11) is 0. The number of Topliss-reactive ketones (excluding diaryl/α,β-unsaturated/α-hetero) is 1. The SMILES string of the molecule is Cc1ccc(C(=O)CC2S/C(=N/N=C3\CSC(=O)N3)N(Cc3ccco3)C2=O)cc1C. The highest BCUT2D eigenvalue weighted by molar-refractivity contribution is 8.15. The number of carbonyl (C=O) groups excluding carboxylic acids is 3. The number of ketones is 1. The van der Waals surface area contributed by atoms with E-state index >= 15 is 0 Å². The van der Waals surface area contributed by atoms with Crippen LogP contribution in [0.1, 0.15) is 33.7 Å². The van der Waals surface area contributed by atoms with E-state index in [-0.39, 0.29) is 29.9 Å². The summed E-state index contributed by atoms with van der Waals surface area (Å²) in [6.07, 6.45) is 1.59. The Bertz CT molecular complexity index is 1090. The molecule has 8 nitrogen and oxygen atoms in total. The highest BCUT2D eigenvalue weighted by Crippen LogP contribution is 2.32. The Morgan fingerprint density at radius 2 is 2.06 bits per heavy atom. The molecule has 2 aliphatic heterocycles. The molecule has 0 radical (unpaired) electrons. The minimum atomic E-state index is -0.601. The summed E-state index contributed by atoms with van der Waals surface area (Å²) >= 11 is 2.31. The summed E-state index contributed by atoms with van der Waals surface area (Å²) in [4.78, 5) is 38.7. The van der Waals surface area contributed by atoms with Crippen molar-refractivity contribution in [2.75, 3.05) is 5.75 Å². The van der Waals surface area contributed by atoms with E-state index in [0.29, 0.717) is 28.1 Å². The predicted octanol–water partition coefficient (Wildman–Crippen LogP) is 3.74. The van der Waals surface area contributed by atoms with Crippen LogP contribution in [0.3, 0.4) is 0 Å². The van der Waals surface area contributed by atoms with E-state index in [1.807, 2.05) is 26.0 Å². The van der Waals surface area contributed by atoms with Crippen LogP contribution >= 0.6 is 23.5 Å². The second-order valence-electron chi connectivity index (χ2n) is 7.17. The summed E-state index contributed by atoms with van der Waals surface area (Å²) in [6, 6.07) is 9.06. The van der Waals surface area contributed by atoms with Crippen molar-refractivity contribution in [3.05, 3.63) is 59.0 Å². The van der Waals surface area contributed by atoms with E-state index in [1.165, 1.54) is 22.9 Å². The Balaban J connectivity index is 1.54. The zero-order chi connectivity index (χ0) is 22.0. The number of nitrogens with one attached hydrogen (secondary N) is 1. The van der Waals surface area contributed by atoms with Crippen molar-refractivity contribution in [3.8, 4) is 0 Å². The normalized spacial score (nSPS) is 21.4. The van der Waals surface area contributed by atoms with Gasteiger partial charge in [0.25, 0.3) is 5.24 Å². The van der Waals surface area contributed by atoms with Crippen molar-refractivity contribution >= 4 is 51.5 Å². The van der Waals surface area contributed by atoms with Crippen LogP contribution in [0.25, 0.3) is 0 Å². The number of amidine groups is 2. The van der Waals surface area contributed by atoms with Crippen LogP contribution in [0.15, 0.2) is 51.2 Å². The smallest absolute Gasteiger partial charge is 0.284 e. The quantitative estimate of drug-likeness (QED) is 0.525. The average Bonchev–Trinajstić information content (AvgIpc) is 3.47. The van der Waals surface area contributed by atoms with E-state index in [0.717, 1.165) is 22.9 Å². The van der Waals surface area contributed by atoms with Gasteiger partial charge in [-0.25, -0.2) is 0 Å². The van der Waals surface area contributed by atoms with Gasteiger partial charge < -0.3 is 9.73 Å². The maximum Gasteiger partial charge on any atom is 0.284 e. The number of nitrogens with zero attached hydrogens (tertiary/aromatic N) is 3. The minimum absolute atomic E-state index is 0.0584. The molecule has 3 heterocycles. The van der Waals surface area contributed by atoms with Crippen LogP contribution in [-0.2, 0) is 11.3 Å². The van der Waals surface area contributed by atoms with Crippen LogP contribution in [-0.4, -0.2) is 43.8 Å². The molecule has 1 unspecified atom stereocenters. The summed E-state index contributed by atoms with van der Waals surface area (Å²) in [5, 5.41) is 10.5. The maximum atomic E-state index is 13.1. The van der Waals surface area contributed by atoms with Crippen molar-refractivity contribution < 1.29 is 18.8 Å². The monoisotopic (exact) mass is 456 g/mol.